The molecular weight excluding hydrogens is 226 g/mol. The quantitative estimate of drug-likeness (QED) is 0.813. The number of hydrogen-bond acceptors (Lipinski definition) is 2. The Morgan fingerprint density at radius 3 is 3.00 bits per heavy atom. The second kappa shape index (κ2) is 5.89. The van der Waals surface area contributed by atoms with Crippen LogP contribution in [0, 0.1) is 6.92 Å². The first-order chi connectivity index (χ1) is 8.66. The average Bonchev–Trinajstić information content (AvgIpc) is 2.34. The number of aliphatic carboxylic acids is 1. The predicted octanol–water partition coefficient (Wildman–Crippen LogP) is 3.00. The second-order valence-electron chi connectivity index (χ2n) is 5.07. The third kappa shape index (κ3) is 3.25. The van der Waals surface area contributed by atoms with Crippen LogP contribution in [0.25, 0.3) is 0 Å². The van der Waals surface area contributed by atoms with Crippen LogP contribution >= 0.6 is 0 Å². The van der Waals surface area contributed by atoms with E-state index >= 15 is 0 Å². The normalized spacial score (nSPS) is 14.4. The molecule has 1 aliphatic rings. The van der Waals surface area contributed by atoms with Crippen LogP contribution in [0.5, 0.6) is 0 Å². The van der Waals surface area contributed by atoms with Gasteiger partial charge in [-0.15, -0.1) is 0 Å². The molecule has 0 aliphatic carbocycles. The van der Waals surface area contributed by atoms with Gasteiger partial charge in [0.1, 0.15) is 0 Å². The Balaban J connectivity index is 1.95. The third-order valence-electron chi connectivity index (χ3n) is 3.52. The molecule has 98 valence electrons. The molecule has 3 heteroatoms. The summed E-state index contributed by atoms with van der Waals surface area (Å²) in [6, 6.07) is 6.66. The highest BCUT2D eigenvalue weighted by Crippen LogP contribution is 2.28. The van der Waals surface area contributed by atoms with E-state index in [4.69, 9.17) is 5.11 Å². The number of hydrogen-bond donors (Lipinski definition) is 1. The molecule has 1 aromatic carbocycles. The lowest BCUT2D eigenvalue weighted by Gasteiger charge is -2.31. The van der Waals surface area contributed by atoms with Gasteiger partial charge in [0.15, 0.2) is 0 Å². The summed E-state index contributed by atoms with van der Waals surface area (Å²) in [7, 11) is 0. The lowest BCUT2D eigenvalue weighted by atomic mass is 9.99. The molecule has 1 aromatic rings. The number of nitrogens with zero attached hydrogens (tertiary/aromatic N) is 1. The Bertz CT molecular complexity index is 429. The van der Waals surface area contributed by atoms with Crippen molar-refractivity contribution in [2.45, 2.75) is 39.0 Å². The molecule has 0 unspecified atom stereocenters. The van der Waals surface area contributed by atoms with E-state index in [1.807, 2.05) is 0 Å². The summed E-state index contributed by atoms with van der Waals surface area (Å²) in [5.74, 6) is -0.690. The fourth-order valence-corrected chi connectivity index (χ4v) is 2.57. The van der Waals surface area contributed by atoms with Crippen molar-refractivity contribution < 1.29 is 9.90 Å². The summed E-state index contributed by atoms with van der Waals surface area (Å²) in [6.45, 7) is 4.20. The Labute approximate surface area is 108 Å². The number of rotatable bonds is 5. The van der Waals surface area contributed by atoms with Crippen molar-refractivity contribution in [3.8, 4) is 0 Å². The molecule has 0 bridgehead atoms. The monoisotopic (exact) mass is 247 g/mol. The topological polar surface area (TPSA) is 40.5 Å². The zero-order valence-electron chi connectivity index (χ0n) is 11.0. The predicted molar refractivity (Wildman–Crippen MR) is 73.2 cm³/mol. The Morgan fingerprint density at radius 1 is 1.39 bits per heavy atom. The van der Waals surface area contributed by atoms with Crippen molar-refractivity contribution in [3.63, 3.8) is 0 Å². The van der Waals surface area contributed by atoms with E-state index in [0.717, 1.165) is 25.9 Å². The summed E-state index contributed by atoms with van der Waals surface area (Å²) < 4.78 is 0. The van der Waals surface area contributed by atoms with Crippen LogP contribution < -0.4 is 4.90 Å². The van der Waals surface area contributed by atoms with E-state index in [9.17, 15) is 4.79 Å². The maximum absolute atomic E-state index is 10.5. The molecule has 0 aromatic heterocycles. The zero-order valence-corrected chi connectivity index (χ0v) is 11.0. The van der Waals surface area contributed by atoms with Gasteiger partial charge in [-0.2, -0.15) is 0 Å². The third-order valence-corrected chi connectivity index (χ3v) is 3.52. The summed E-state index contributed by atoms with van der Waals surface area (Å²) in [4.78, 5) is 12.9. The fourth-order valence-electron chi connectivity index (χ4n) is 2.57. The van der Waals surface area contributed by atoms with Gasteiger partial charge in [-0.3, -0.25) is 4.79 Å². The Morgan fingerprint density at radius 2 is 2.22 bits per heavy atom. The molecule has 1 aliphatic heterocycles. The van der Waals surface area contributed by atoms with Gasteiger partial charge in [-0.25, -0.2) is 0 Å². The molecule has 0 fully saturated rings. The molecule has 1 heterocycles. The summed E-state index contributed by atoms with van der Waals surface area (Å²) >= 11 is 0. The fraction of sp³-hybridized carbons (Fsp3) is 0.533. The van der Waals surface area contributed by atoms with Gasteiger partial charge < -0.3 is 10.0 Å². The molecule has 0 saturated heterocycles. The summed E-state index contributed by atoms with van der Waals surface area (Å²) in [6.07, 6.45) is 4.39. The molecule has 18 heavy (non-hydrogen) atoms. The largest absolute Gasteiger partial charge is 0.481 e. The Kier molecular flexibility index (Phi) is 4.24. The smallest absolute Gasteiger partial charge is 0.303 e. The van der Waals surface area contributed by atoms with E-state index in [-0.39, 0.29) is 6.42 Å². The van der Waals surface area contributed by atoms with E-state index in [0.29, 0.717) is 0 Å². The lowest BCUT2D eigenvalue weighted by Crippen LogP contribution is -2.30. The molecule has 3 nitrogen and oxygen atoms in total. The molecule has 0 amide bonds. The van der Waals surface area contributed by atoms with Gasteiger partial charge in [0.2, 0.25) is 0 Å². The highest BCUT2D eigenvalue weighted by atomic mass is 16.4. The van der Waals surface area contributed by atoms with E-state index in [1.165, 1.54) is 29.7 Å². The second-order valence-corrected chi connectivity index (χ2v) is 5.07. The molecule has 2 rings (SSSR count). The van der Waals surface area contributed by atoms with Gasteiger partial charge in [0.25, 0.3) is 0 Å². The van der Waals surface area contributed by atoms with Gasteiger partial charge in [0, 0.05) is 25.2 Å². The number of carbonyl (C=O) groups is 1. The van der Waals surface area contributed by atoms with Crippen LogP contribution in [0.15, 0.2) is 18.2 Å². The maximum Gasteiger partial charge on any atom is 0.303 e. The summed E-state index contributed by atoms with van der Waals surface area (Å²) in [5.41, 5.74) is 4.09. The number of benzene rings is 1. The number of carboxylic acids is 1. The Hall–Kier alpha value is -1.51. The highest BCUT2D eigenvalue weighted by Gasteiger charge is 2.16. The van der Waals surface area contributed by atoms with Crippen molar-refractivity contribution in [3.05, 3.63) is 29.3 Å². The van der Waals surface area contributed by atoms with Crippen LogP contribution in [0.1, 0.15) is 36.8 Å². The molecule has 0 radical (unpaired) electrons. The van der Waals surface area contributed by atoms with Crippen LogP contribution in [0.4, 0.5) is 5.69 Å². The first-order valence-corrected chi connectivity index (χ1v) is 6.73. The van der Waals surface area contributed by atoms with Gasteiger partial charge in [0.05, 0.1) is 0 Å². The van der Waals surface area contributed by atoms with Gasteiger partial charge in [-0.1, -0.05) is 12.1 Å². The molecular formula is C15H21NO2. The maximum atomic E-state index is 10.5. The van der Waals surface area contributed by atoms with E-state index < -0.39 is 5.97 Å². The first-order valence-electron chi connectivity index (χ1n) is 6.73. The summed E-state index contributed by atoms with van der Waals surface area (Å²) in [5, 5.41) is 8.63. The van der Waals surface area contributed by atoms with E-state index in [2.05, 4.69) is 30.0 Å². The van der Waals surface area contributed by atoms with Crippen LogP contribution in [0.2, 0.25) is 0 Å². The lowest BCUT2D eigenvalue weighted by molar-refractivity contribution is -0.137. The van der Waals surface area contributed by atoms with Crippen LogP contribution in [-0.2, 0) is 11.2 Å². The van der Waals surface area contributed by atoms with Crippen molar-refractivity contribution in [1.29, 1.82) is 0 Å². The van der Waals surface area contributed by atoms with Gasteiger partial charge in [-0.05, 0) is 49.8 Å². The molecule has 1 N–H and O–H groups in total. The highest BCUT2D eigenvalue weighted by molar-refractivity contribution is 5.66. The first kappa shape index (κ1) is 12.9. The number of fused-ring (bicyclic) bond motifs is 1. The van der Waals surface area contributed by atoms with Crippen LogP contribution in [-0.4, -0.2) is 24.2 Å². The molecule has 0 saturated carbocycles. The van der Waals surface area contributed by atoms with Crippen molar-refractivity contribution in [2.75, 3.05) is 18.0 Å². The van der Waals surface area contributed by atoms with Crippen LogP contribution in [0.3, 0.4) is 0 Å². The SMILES string of the molecule is Cc1ccc2c(c1)N(CCCCC(=O)O)CCC2. The number of aryl methyl sites for hydroxylation is 2. The number of unbranched alkanes of at least 4 members (excludes halogenated alkanes) is 1. The minimum absolute atomic E-state index is 0.286. The zero-order chi connectivity index (χ0) is 13.0. The van der Waals surface area contributed by atoms with Crippen molar-refractivity contribution in [2.24, 2.45) is 0 Å². The minimum atomic E-state index is -0.690. The number of anilines is 1. The number of carboxylic acid groups (broad SMARTS) is 1. The molecule has 0 spiro atoms. The average molecular weight is 247 g/mol. The standard InChI is InChI=1S/C15H21NO2/c1-12-7-8-13-5-4-10-16(14(13)11-12)9-3-2-6-15(17)18/h7-8,11H,2-6,9-10H2,1H3,(H,17,18). The van der Waals surface area contributed by atoms with Crippen molar-refractivity contribution in [1.82, 2.24) is 0 Å². The minimum Gasteiger partial charge on any atom is -0.481 e. The van der Waals surface area contributed by atoms with Gasteiger partial charge >= 0.3 is 5.97 Å². The van der Waals surface area contributed by atoms with Crippen molar-refractivity contribution >= 4 is 11.7 Å². The molecule has 0 atom stereocenters. The van der Waals surface area contributed by atoms with E-state index in [1.54, 1.807) is 0 Å².